The molecule has 10 heteroatoms. The van der Waals surface area contributed by atoms with Crippen LogP contribution in [0, 0.1) is 11.6 Å². The van der Waals surface area contributed by atoms with Crippen molar-refractivity contribution in [2.24, 2.45) is 0 Å². The monoisotopic (exact) mass is 450 g/mol. The van der Waals surface area contributed by atoms with Gasteiger partial charge >= 0.3 is 0 Å². The van der Waals surface area contributed by atoms with E-state index in [-0.39, 0.29) is 36.0 Å². The minimum atomic E-state index is -3.62. The first-order valence-electron chi connectivity index (χ1n) is 7.29. The van der Waals surface area contributed by atoms with E-state index in [9.17, 15) is 22.0 Å². The normalized spacial score (nSPS) is 16.2. The highest BCUT2D eigenvalue weighted by atomic mass is 79.9. The van der Waals surface area contributed by atoms with Crippen molar-refractivity contribution < 1.29 is 22.0 Å². The Morgan fingerprint density at radius 3 is 2.36 bits per heavy atom. The van der Waals surface area contributed by atoms with Gasteiger partial charge in [-0.3, -0.25) is 4.79 Å². The van der Waals surface area contributed by atoms with Gasteiger partial charge in [-0.1, -0.05) is 6.07 Å². The third-order valence-electron chi connectivity index (χ3n) is 3.85. The number of benzene rings is 1. The summed E-state index contributed by atoms with van der Waals surface area (Å²) >= 11 is 4.34. The summed E-state index contributed by atoms with van der Waals surface area (Å²) in [5, 5.41) is 0. The molecule has 25 heavy (non-hydrogen) atoms. The van der Waals surface area contributed by atoms with Crippen molar-refractivity contribution in [3.8, 4) is 0 Å². The number of nitrogens with zero attached hydrogens (tertiary/aromatic N) is 2. The van der Waals surface area contributed by atoms with Gasteiger partial charge in [0, 0.05) is 26.2 Å². The van der Waals surface area contributed by atoms with Crippen LogP contribution in [0.2, 0.25) is 0 Å². The molecule has 0 spiro atoms. The fourth-order valence-electron chi connectivity index (χ4n) is 2.53. The Balaban J connectivity index is 1.71. The summed E-state index contributed by atoms with van der Waals surface area (Å²) in [7, 11) is -3.62. The molecule has 0 radical (unpaired) electrons. The SMILES string of the molecule is O=C(c1cccc(F)c1F)N1CCN(S(=O)(=O)c2ccc(Br)s2)CC1. The molecule has 1 aromatic carbocycles. The lowest BCUT2D eigenvalue weighted by Gasteiger charge is -2.33. The van der Waals surface area contributed by atoms with Gasteiger partial charge in [-0.25, -0.2) is 17.2 Å². The van der Waals surface area contributed by atoms with Crippen molar-refractivity contribution in [3.05, 3.63) is 51.3 Å². The van der Waals surface area contributed by atoms with E-state index in [1.54, 1.807) is 6.07 Å². The number of rotatable bonds is 3. The van der Waals surface area contributed by atoms with E-state index in [4.69, 9.17) is 0 Å². The number of piperazine rings is 1. The summed E-state index contributed by atoms with van der Waals surface area (Å²) in [6.07, 6.45) is 0. The van der Waals surface area contributed by atoms with Crippen molar-refractivity contribution >= 4 is 43.2 Å². The standard InChI is InChI=1S/C15H13BrF2N2O3S2/c16-12-4-5-13(24-12)25(22,23)20-8-6-19(7-9-20)15(21)10-2-1-3-11(17)14(10)18/h1-5H,6-9H2. The molecule has 1 aliphatic heterocycles. The Morgan fingerprint density at radius 2 is 1.76 bits per heavy atom. The van der Waals surface area contributed by atoms with Crippen LogP contribution in [0.4, 0.5) is 8.78 Å². The minimum Gasteiger partial charge on any atom is -0.336 e. The molecule has 1 aromatic heterocycles. The van der Waals surface area contributed by atoms with Crippen LogP contribution in [0.1, 0.15) is 10.4 Å². The van der Waals surface area contributed by atoms with Crippen molar-refractivity contribution in [1.82, 2.24) is 9.21 Å². The molecule has 0 saturated carbocycles. The molecule has 0 unspecified atom stereocenters. The van der Waals surface area contributed by atoms with E-state index in [2.05, 4.69) is 15.9 Å². The average Bonchev–Trinajstić information content (AvgIpc) is 3.04. The Morgan fingerprint density at radius 1 is 1.08 bits per heavy atom. The number of hydrogen-bond donors (Lipinski definition) is 0. The van der Waals surface area contributed by atoms with Gasteiger partial charge in [0.25, 0.3) is 15.9 Å². The molecule has 0 N–H and O–H groups in total. The van der Waals surface area contributed by atoms with Crippen molar-refractivity contribution in [1.29, 1.82) is 0 Å². The zero-order valence-corrected chi connectivity index (χ0v) is 16.0. The first-order chi connectivity index (χ1) is 11.8. The fraction of sp³-hybridized carbons (Fsp3) is 0.267. The summed E-state index contributed by atoms with van der Waals surface area (Å²) < 4.78 is 54.4. The predicted molar refractivity (Wildman–Crippen MR) is 93.0 cm³/mol. The van der Waals surface area contributed by atoms with Crippen LogP contribution in [0.5, 0.6) is 0 Å². The first-order valence-corrected chi connectivity index (χ1v) is 10.3. The summed E-state index contributed by atoms with van der Waals surface area (Å²) in [4.78, 5) is 13.7. The zero-order chi connectivity index (χ0) is 18.2. The van der Waals surface area contributed by atoms with E-state index in [0.29, 0.717) is 3.79 Å². The maximum Gasteiger partial charge on any atom is 0.257 e. The first kappa shape index (κ1) is 18.4. The Bertz CT molecular complexity index is 909. The van der Waals surface area contributed by atoms with Crippen LogP contribution in [-0.4, -0.2) is 49.7 Å². The predicted octanol–water partition coefficient (Wildman–Crippen LogP) is 2.94. The molecule has 3 rings (SSSR count). The Labute approximate surface area is 156 Å². The van der Waals surface area contributed by atoms with Crippen molar-refractivity contribution in [3.63, 3.8) is 0 Å². The van der Waals surface area contributed by atoms with Crippen LogP contribution in [0.25, 0.3) is 0 Å². The lowest BCUT2D eigenvalue weighted by molar-refractivity contribution is 0.0692. The maximum atomic E-state index is 13.8. The average molecular weight is 451 g/mol. The molecule has 1 amide bonds. The van der Waals surface area contributed by atoms with Gasteiger partial charge < -0.3 is 4.90 Å². The number of carbonyl (C=O) groups is 1. The summed E-state index contributed by atoms with van der Waals surface area (Å²) in [5.74, 6) is -2.92. The number of hydrogen-bond acceptors (Lipinski definition) is 4. The molecule has 2 heterocycles. The Hall–Kier alpha value is -1.36. The van der Waals surface area contributed by atoms with E-state index >= 15 is 0 Å². The quantitative estimate of drug-likeness (QED) is 0.722. The third kappa shape index (κ3) is 3.62. The van der Waals surface area contributed by atoms with Crippen LogP contribution in [0.3, 0.4) is 0 Å². The van der Waals surface area contributed by atoms with Crippen LogP contribution in [0.15, 0.2) is 38.3 Å². The van der Waals surface area contributed by atoms with E-state index in [0.717, 1.165) is 17.4 Å². The highest BCUT2D eigenvalue weighted by molar-refractivity contribution is 9.11. The van der Waals surface area contributed by atoms with Crippen LogP contribution in [-0.2, 0) is 10.0 Å². The topological polar surface area (TPSA) is 57.7 Å². The van der Waals surface area contributed by atoms with Gasteiger partial charge in [-0.2, -0.15) is 4.31 Å². The van der Waals surface area contributed by atoms with Gasteiger partial charge in [0.05, 0.1) is 9.35 Å². The maximum absolute atomic E-state index is 13.8. The van der Waals surface area contributed by atoms with Gasteiger partial charge in [-0.15, -0.1) is 11.3 Å². The fourth-order valence-corrected chi connectivity index (χ4v) is 6.12. The smallest absolute Gasteiger partial charge is 0.257 e. The lowest BCUT2D eigenvalue weighted by Crippen LogP contribution is -2.50. The number of halogens is 3. The van der Waals surface area contributed by atoms with Crippen LogP contribution >= 0.6 is 27.3 Å². The molecular weight excluding hydrogens is 438 g/mol. The summed E-state index contributed by atoms with van der Waals surface area (Å²) in [6.45, 7) is 0.419. The second-order valence-electron chi connectivity index (χ2n) is 5.36. The minimum absolute atomic E-state index is 0.0977. The van der Waals surface area contributed by atoms with Gasteiger partial charge in [0.1, 0.15) is 4.21 Å². The van der Waals surface area contributed by atoms with E-state index < -0.39 is 27.6 Å². The number of amides is 1. The molecule has 0 bridgehead atoms. The number of thiophene rings is 1. The molecule has 2 aromatic rings. The molecule has 1 fully saturated rings. The van der Waals surface area contributed by atoms with E-state index in [1.807, 2.05) is 0 Å². The highest BCUT2D eigenvalue weighted by Gasteiger charge is 2.32. The molecule has 0 atom stereocenters. The molecule has 134 valence electrons. The van der Waals surface area contributed by atoms with Gasteiger partial charge in [0.15, 0.2) is 11.6 Å². The van der Waals surface area contributed by atoms with Gasteiger partial charge in [0.2, 0.25) is 0 Å². The lowest BCUT2D eigenvalue weighted by atomic mass is 10.1. The second kappa shape index (κ2) is 7.10. The molecule has 5 nitrogen and oxygen atoms in total. The largest absolute Gasteiger partial charge is 0.336 e. The van der Waals surface area contributed by atoms with Gasteiger partial charge in [-0.05, 0) is 40.2 Å². The molecular formula is C15H13BrF2N2O3S2. The molecule has 0 aliphatic carbocycles. The Kier molecular flexibility index (Phi) is 5.24. The molecule has 1 aliphatic rings. The molecule has 1 saturated heterocycles. The number of sulfonamides is 1. The van der Waals surface area contributed by atoms with Crippen molar-refractivity contribution in [2.75, 3.05) is 26.2 Å². The third-order valence-corrected chi connectivity index (χ3v) is 7.84. The zero-order valence-electron chi connectivity index (χ0n) is 12.8. The number of carbonyl (C=O) groups excluding carboxylic acids is 1. The second-order valence-corrected chi connectivity index (χ2v) is 9.98. The summed E-state index contributed by atoms with van der Waals surface area (Å²) in [6, 6.07) is 6.59. The summed E-state index contributed by atoms with van der Waals surface area (Å²) in [5.41, 5.74) is -0.349. The van der Waals surface area contributed by atoms with Crippen LogP contribution < -0.4 is 0 Å². The highest BCUT2D eigenvalue weighted by Crippen LogP contribution is 2.29. The van der Waals surface area contributed by atoms with E-state index in [1.165, 1.54) is 27.4 Å². The van der Waals surface area contributed by atoms with Crippen molar-refractivity contribution in [2.45, 2.75) is 4.21 Å².